The third kappa shape index (κ3) is 3.59. The summed E-state index contributed by atoms with van der Waals surface area (Å²) in [5.74, 6) is 0.0942. The first-order valence-corrected chi connectivity index (χ1v) is 8.61. The topological polar surface area (TPSA) is 49.4 Å². The standard InChI is InChI=1S/C18H25ClN2O2/c1-20-13-7-11-17(23)21(2)18(12-6-5-10-16(18)22)14-8-3-4-9-15(14)19/h3-4,8-9,20H,5-7,10-13H2,1-2H3. The van der Waals surface area contributed by atoms with Crippen molar-refractivity contribution in [3.05, 3.63) is 34.9 Å². The van der Waals surface area contributed by atoms with Crippen molar-refractivity contribution in [3.63, 3.8) is 0 Å². The number of nitrogens with one attached hydrogen (secondary N) is 1. The van der Waals surface area contributed by atoms with Gasteiger partial charge in [0.05, 0.1) is 0 Å². The van der Waals surface area contributed by atoms with Gasteiger partial charge >= 0.3 is 0 Å². The summed E-state index contributed by atoms with van der Waals surface area (Å²) in [6, 6.07) is 7.40. The maximum Gasteiger partial charge on any atom is 0.223 e. The van der Waals surface area contributed by atoms with E-state index in [4.69, 9.17) is 11.6 Å². The second kappa shape index (κ2) is 7.93. The average molecular weight is 337 g/mol. The van der Waals surface area contributed by atoms with Crippen molar-refractivity contribution in [2.45, 2.75) is 44.1 Å². The number of amides is 1. The molecule has 126 valence electrons. The molecule has 1 saturated carbocycles. The average Bonchev–Trinajstić information content (AvgIpc) is 2.56. The Morgan fingerprint density at radius 2 is 2.09 bits per heavy atom. The van der Waals surface area contributed by atoms with Crippen LogP contribution >= 0.6 is 11.6 Å². The third-order valence-corrected chi connectivity index (χ3v) is 5.07. The number of hydrogen-bond donors (Lipinski definition) is 1. The molecule has 1 N–H and O–H groups in total. The van der Waals surface area contributed by atoms with Crippen LogP contribution in [0.1, 0.15) is 44.1 Å². The smallest absolute Gasteiger partial charge is 0.223 e. The molecule has 1 aliphatic rings. The van der Waals surface area contributed by atoms with Crippen molar-refractivity contribution in [1.29, 1.82) is 0 Å². The van der Waals surface area contributed by atoms with Crippen LogP contribution in [0.5, 0.6) is 0 Å². The van der Waals surface area contributed by atoms with Crippen molar-refractivity contribution in [1.82, 2.24) is 10.2 Å². The summed E-state index contributed by atoms with van der Waals surface area (Å²) >= 11 is 6.39. The van der Waals surface area contributed by atoms with Gasteiger partial charge in [-0.1, -0.05) is 29.8 Å². The maximum atomic E-state index is 12.9. The quantitative estimate of drug-likeness (QED) is 0.812. The number of carbonyl (C=O) groups is 2. The van der Waals surface area contributed by atoms with Crippen LogP contribution in [0.15, 0.2) is 24.3 Å². The number of ketones is 1. The van der Waals surface area contributed by atoms with Crippen molar-refractivity contribution in [2.24, 2.45) is 0 Å². The van der Waals surface area contributed by atoms with Crippen LogP contribution in [0.2, 0.25) is 5.02 Å². The molecule has 4 nitrogen and oxygen atoms in total. The van der Waals surface area contributed by atoms with Crippen LogP contribution in [0.4, 0.5) is 0 Å². The van der Waals surface area contributed by atoms with Crippen LogP contribution in [0.25, 0.3) is 0 Å². The van der Waals surface area contributed by atoms with E-state index in [-0.39, 0.29) is 11.7 Å². The van der Waals surface area contributed by atoms with E-state index in [0.717, 1.165) is 31.4 Å². The second-order valence-electron chi connectivity index (χ2n) is 6.13. The lowest BCUT2D eigenvalue weighted by molar-refractivity contribution is -0.148. The van der Waals surface area contributed by atoms with E-state index in [1.165, 1.54) is 0 Å². The van der Waals surface area contributed by atoms with Crippen LogP contribution in [0, 0.1) is 0 Å². The first-order valence-electron chi connectivity index (χ1n) is 8.23. The van der Waals surface area contributed by atoms with Gasteiger partial charge in [0.2, 0.25) is 5.91 Å². The molecule has 5 heteroatoms. The monoisotopic (exact) mass is 336 g/mol. The van der Waals surface area contributed by atoms with Crippen LogP contribution < -0.4 is 5.32 Å². The highest BCUT2D eigenvalue weighted by Gasteiger charge is 2.47. The fourth-order valence-electron chi connectivity index (χ4n) is 3.43. The Morgan fingerprint density at radius 3 is 2.74 bits per heavy atom. The molecule has 0 heterocycles. The van der Waals surface area contributed by atoms with E-state index in [0.29, 0.717) is 24.3 Å². The Balaban J connectivity index is 2.36. The molecule has 0 aromatic heterocycles. The van der Waals surface area contributed by atoms with Crippen molar-refractivity contribution >= 4 is 23.3 Å². The van der Waals surface area contributed by atoms with E-state index in [2.05, 4.69) is 5.32 Å². The van der Waals surface area contributed by atoms with Gasteiger partial charge in [-0.25, -0.2) is 0 Å². The molecular formula is C18H25ClN2O2. The lowest BCUT2D eigenvalue weighted by atomic mass is 9.74. The summed E-state index contributed by atoms with van der Waals surface area (Å²) in [5.41, 5.74) is -0.149. The molecule has 23 heavy (non-hydrogen) atoms. The lowest BCUT2D eigenvalue weighted by Gasteiger charge is -2.44. The minimum atomic E-state index is -0.909. The minimum Gasteiger partial charge on any atom is -0.329 e. The predicted octanol–water partition coefficient (Wildman–Crippen LogP) is 3.14. The number of halogens is 1. The number of nitrogens with zero attached hydrogens (tertiary/aromatic N) is 1. The van der Waals surface area contributed by atoms with Crippen LogP contribution in [0.3, 0.4) is 0 Å². The second-order valence-corrected chi connectivity index (χ2v) is 6.54. The van der Waals surface area contributed by atoms with Gasteiger partial charge in [-0.05, 0) is 45.3 Å². The fraction of sp³-hybridized carbons (Fsp3) is 0.556. The van der Waals surface area contributed by atoms with Gasteiger partial charge in [-0.2, -0.15) is 0 Å². The summed E-state index contributed by atoms with van der Waals surface area (Å²) in [6.45, 7) is 0.784. The number of carbonyl (C=O) groups excluding carboxylic acids is 2. The summed E-state index contributed by atoms with van der Waals surface area (Å²) in [4.78, 5) is 27.2. The number of rotatable bonds is 6. The van der Waals surface area contributed by atoms with E-state index in [1.54, 1.807) is 18.0 Å². The highest BCUT2D eigenvalue weighted by molar-refractivity contribution is 6.31. The molecule has 1 amide bonds. The Bertz CT molecular complexity index is 576. The van der Waals surface area contributed by atoms with E-state index in [9.17, 15) is 9.59 Å². The zero-order chi connectivity index (χ0) is 16.9. The van der Waals surface area contributed by atoms with Crippen LogP contribution in [-0.2, 0) is 15.1 Å². The highest BCUT2D eigenvalue weighted by atomic mass is 35.5. The Kier molecular flexibility index (Phi) is 6.19. The molecule has 2 rings (SSSR count). The Labute approximate surface area is 143 Å². The normalized spacial score (nSPS) is 21.3. The molecular weight excluding hydrogens is 312 g/mol. The maximum absolute atomic E-state index is 12.9. The van der Waals surface area contributed by atoms with Gasteiger partial charge in [0, 0.05) is 30.5 Å². The summed E-state index contributed by atoms with van der Waals surface area (Å²) < 4.78 is 0. The zero-order valence-corrected chi connectivity index (χ0v) is 14.7. The summed E-state index contributed by atoms with van der Waals surface area (Å²) in [7, 11) is 3.61. The molecule has 0 saturated heterocycles. The van der Waals surface area contributed by atoms with E-state index >= 15 is 0 Å². The molecule has 0 radical (unpaired) electrons. The summed E-state index contributed by atoms with van der Waals surface area (Å²) in [5, 5.41) is 3.60. The van der Waals surface area contributed by atoms with Gasteiger partial charge in [0.1, 0.15) is 5.54 Å². The lowest BCUT2D eigenvalue weighted by Crippen LogP contribution is -2.54. The number of hydrogen-bond acceptors (Lipinski definition) is 3. The molecule has 1 aliphatic carbocycles. The highest BCUT2D eigenvalue weighted by Crippen LogP contribution is 2.42. The Hall–Kier alpha value is -1.39. The Morgan fingerprint density at radius 1 is 1.35 bits per heavy atom. The minimum absolute atomic E-state index is 0.00424. The van der Waals surface area contributed by atoms with Crippen molar-refractivity contribution in [2.75, 3.05) is 20.6 Å². The van der Waals surface area contributed by atoms with Crippen LogP contribution in [-0.4, -0.2) is 37.2 Å². The largest absolute Gasteiger partial charge is 0.329 e. The zero-order valence-electron chi connectivity index (χ0n) is 13.9. The van der Waals surface area contributed by atoms with E-state index < -0.39 is 5.54 Å². The molecule has 1 aromatic carbocycles. The third-order valence-electron chi connectivity index (χ3n) is 4.74. The fourth-order valence-corrected chi connectivity index (χ4v) is 3.72. The number of Topliss-reactive ketones (excluding diaryl/α,β-unsaturated/α-hetero) is 1. The molecule has 1 unspecified atom stereocenters. The van der Waals surface area contributed by atoms with Gasteiger partial charge in [0.15, 0.2) is 5.78 Å². The molecule has 0 aliphatic heterocycles. The first-order chi connectivity index (χ1) is 11.0. The van der Waals surface area contributed by atoms with Crippen molar-refractivity contribution < 1.29 is 9.59 Å². The molecule has 0 bridgehead atoms. The number of benzene rings is 1. The van der Waals surface area contributed by atoms with Gasteiger partial charge in [0.25, 0.3) is 0 Å². The predicted molar refractivity (Wildman–Crippen MR) is 92.5 cm³/mol. The van der Waals surface area contributed by atoms with Gasteiger partial charge < -0.3 is 10.2 Å². The van der Waals surface area contributed by atoms with Gasteiger partial charge in [-0.15, -0.1) is 0 Å². The molecule has 1 atom stereocenters. The molecule has 1 aromatic rings. The van der Waals surface area contributed by atoms with Crippen molar-refractivity contribution in [3.8, 4) is 0 Å². The SMILES string of the molecule is CNCCCC(=O)N(C)C1(c2ccccc2Cl)CCCCC1=O. The van der Waals surface area contributed by atoms with Gasteiger partial charge in [-0.3, -0.25) is 9.59 Å². The van der Waals surface area contributed by atoms with E-state index in [1.807, 2.05) is 25.2 Å². The summed E-state index contributed by atoms with van der Waals surface area (Å²) in [6.07, 6.45) is 4.13. The molecule has 0 spiro atoms. The molecule has 1 fully saturated rings. The first kappa shape index (κ1) is 18.0. The number of likely N-dealkylation sites (N-methyl/N-ethyl adjacent to an activating group) is 1.